The zero-order chi connectivity index (χ0) is 11.4. The minimum absolute atomic E-state index is 0.350. The summed E-state index contributed by atoms with van der Waals surface area (Å²) in [4.78, 5) is 11.0. The molecule has 0 aliphatic carbocycles. The molecule has 0 amide bonds. The number of hydrogen-bond acceptors (Lipinski definition) is 4. The Balaban J connectivity index is 2.01. The molecule has 1 fully saturated rings. The molecule has 1 aromatic rings. The number of rotatable bonds is 3. The molecule has 0 spiro atoms. The van der Waals surface area contributed by atoms with E-state index in [1.807, 2.05) is 6.20 Å². The van der Waals surface area contributed by atoms with Crippen molar-refractivity contribution in [2.75, 3.05) is 19.6 Å². The van der Waals surface area contributed by atoms with Crippen LogP contribution < -0.4 is 5.73 Å². The van der Waals surface area contributed by atoms with E-state index in [1.165, 1.54) is 12.8 Å². The molecule has 0 saturated carbocycles. The van der Waals surface area contributed by atoms with Gasteiger partial charge in [0.1, 0.15) is 0 Å². The standard InChI is InChI=1S/C12H20N4/c1-10(12-8-14-4-5-15-12)16-6-2-3-11(7-13)9-16/h4-5,8,10-11H,2-3,6-7,9,13H2,1H3/t10-,11+/m1/s1. The van der Waals surface area contributed by atoms with E-state index in [9.17, 15) is 0 Å². The molecular weight excluding hydrogens is 200 g/mol. The summed E-state index contributed by atoms with van der Waals surface area (Å²) in [6, 6.07) is 0.350. The van der Waals surface area contributed by atoms with Crippen molar-refractivity contribution in [1.29, 1.82) is 0 Å². The SMILES string of the molecule is C[C@H](c1cnccn1)N1CCC[C@@H](CN)C1. The van der Waals surface area contributed by atoms with Crippen LogP contribution in [0.4, 0.5) is 0 Å². The maximum atomic E-state index is 5.75. The van der Waals surface area contributed by atoms with Crippen molar-refractivity contribution in [2.45, 2.75) is 25.8 Å². The van der Waals surface area contributed by atoms with E-state index >= 15 is 0 Å². The van der Waals surface area contributed by atoms with Crippen molar-refractivity contribution in [1.82, 2.24) is 14.9 Å². The molecule has 1 saturated heterocycles. The summed E-state index contributed by atoms with van der Waals surface area (Å²) in [7, 11) is 0. The van der Waals surface area contributed by atoms with Gasteiger partial charge in [-0.25, -0.2) is 0 Å². The summed E-state index contributed by atoms with van der Waals surface area (Å²) in [5.74, 6) is 0.646. The minimum atomic E-state index is 0.350. The van der Waals surface area contributed by atoms with E-state index in [2.05, 4.69) is 21.8 Å². The molecule has 1 aromatic heterocycles. The van der Waals surface area contributed by atoms with Gasteiger partial charge in [0.15, 0.2) is 0 Å². The van der Waals surface area contributed by atoms with Crippen LogP contribution in [-0.4, -0.2) is 34.5 Å². The fraction of sp³-hybridized carbons (Fsp3) is 0.667. The van der Waals surface area contributed by atoms with Crippen LogP contribution in [0.5, 0.6) is 0 Å². The van der Waals surface area contributed by atoms with E-state index in [4.69, 9.17) is 5.73 Å². The first-order valence-corrected chi connectivity index (χ1v) is 6.01. The lowest BCUT2D eigenvalue weighted by Crippen LogP contribution is -2.40. The molecule has 2 N–H and O–H groups in total. The van der Waals surface area contributed by atoms with Crippen LogP contribution in [0, 0.1) is 5.92 Å². The van der Waals surface area contributed by atoms with Gasteiger partial charge in [-0.2, -0.15) is 0 Å². The Labute approximate surface area is 96.9 Å². The van der Waals surface area contributed by atoms with Gasteiger partial charge in [0, 0.05) is 25.1 Å². The molecule has 0 radical (unpaired) electrons. The third-order valence-electron chi connectivity index (χ3n) is 3.44. The fourth-order valence-electron chi connectivity index (χ4n) is 2.35. The van der Waals surface area contributed by atoms with Gasteiger partial charge in [0.05, 0.1) is 11.7 Å². The van der Waals surface area contributed by atoms with E-state index in [-0.39, 0.29) is 0 Å². The molecule has 88 valence electrons. The van der Waals surface area contributed by atoms with E-state index in [0.29, 0.717) is 12.0 Å². The quantitative estimate of drug-likeness (QED) is 0.832. The third kappa shape index (κ3) is 2.57. The van der Waals surface area contributed by atoms with Gasteiger partial charge in [-0.3, -0.25) is 14.9 Å². The number of likely N-dealkylation sites (tertiary alicyclic amines) is 1. The molecule has 1 aliphatic heterocycles. The van der Waals surface area contributed by atoms with E-state index < -0.39 is 0 Å². The monoisotopic (exact) mass is 220 g/mol. The third-order valence-corrected chi connectivity index (χ3v) is 3.44. The summed E-state index contributed by atoms with van der Waals surface area (Å²) in [6.07, 6.45) is 7.84. The highest BCUT2D eigenvalue weighted by molar-refractivity contribution is 5.01. The van der Waals surface area contributed by atoms with Gasteiger partial charge in [-0.05, 0) is 38.8 Å². The van der Waals surface area contributed by atoms with Crippen molar-refractivity contribution in [3.8, 4) is 0 Å². The van der Waals surface area contributed by atoms with Crippen LogP contribution in [0.25, 0.3) is 0 Å². The van der Waals surface area contributed by atoms with E-state index in [1.54, 1.807) is 12.4 Å². The molecule has 2 heterocycles. The molecule has 0 unspecified atom stereocenters. The Morgan fingerprint density at radius 2 is 2.44 bits per heavy atom. The Bertz CT molecular complexity index is 314. The predicted molar refractivity (Wildman–Crippen MR) is 63.8 cm³/mol. The average Bonchev–Trinajstić information content (AvgIpc) is 2.39. The first-order chi connectivity index (χ1) is 7.81. The van der Waals surface area contributed by atoms with Crippen LogP contribution in [0.2, 0.25) is 0 Å². The van der Waals surface area contributed by atoms with Crippen LogP contribution in [0.15, 0.2) is 18.6 Å². The summed E-state index contributed by atoms with van der Waals surface area (Å²) in [6.45, 7) is 5.23. The van der Waals surface area contributed by atoms with Gasteiger partial charge < -0.3 is 5.73 Å². The second kappa shape index (κ2) is 5.37. The number of hydrogen-bond donors (Lipinski definition) is 1. The van der Waals surface area contributed by atoms with Crippen LogP contribution >= 0.6 is 0 Å². The van der Waals surface area contributed by atoms with Crippen molar-refractivity contribution >= 4 is 0 Å². The Morgan fingerprint density at radius 3 is 3.12 bits per heavy atom. The van der Waals surface area contributed by atoms with Crippen molar-refractivity contribution < 1.29 is 0 Å². The highest BCUT2D eigenvalue weighted by Gasteiger charge is 2.24. The molecule has 1 aliphatic rings. The van der Waals surface area contributed by atoms with Gasteiger partial charge in [0.25, 0.3) is 0 Å². The normalized spacial score (nSPS) is 24.2. The lowest BCUT2D eigenvalue weighted by Gasteiger charge is -2.36. The summed E-state index contributed by atoms with van der Waals surface area (Å²) in [5.41, 5.74) is 6.81. The average molecular weight is 220 g/mol. The Kier molecular flexibility index (Phi) is 3.85. The highest BCUT2D eigenvalue weighted by atomic mass is 15.2. The molecule has 0 aromatic carbocycles. The van der Waals surface area contributed by atoms with Crippen molar-refractivity contribution in [3.63, 3.8) is 0 Å². The molecule has 4 nitrogen and oxygen atoms in total. The smallest absolute Gasteiger partial charge is 0.0755 e. The molecule has 4 heteroatoms. The van der Waals surface area contributed by atoms with Crippen LogP contribution in [0.1, 0.15) is 31.5 Å². The fourth-order valence-corrected chi connectivity index (χ4v) is 2.35. The molecule has 2 atom stereocenters. The first-order valence-electron chi connectivity index (χ1n) is 6.01. The maximum Gasteiger partial charge on any atom is 0.0755 e. The topological polar surface area (TPSA) is 55.0 Å². The van der Waals surface area contributed by atoms with Gasteiger partial charge in [-0.1, -0.05) is 0 Å². The van der Waals surface area contributed by atoms with Gasteiger partial charge in [0.2, 0.25) is 0 Å². The Hall–Kier alpha value is -1.00. The summed E-state index contributed by atoms with van der Waals surface area (Å²) < 4.78 is 0. The van der Waals surface area contributed by atoms with E-state index in [0.717, 1.165) is 25.3 Å². The first kappa shape index (κ1) is 11.5. The zero-order valence-corrected chi connectivity index (χ0v) is 9.84. The lowest BCUT2D eigenvalue weighted by molar-refractivity contribution is 0.132. The Morgan fingerprint density at radius 1 is 1.56 bits per heavy atom. The number of nitrogens with two attached hydrogens (primary N) is 1. The summed E-state index contributed by atoms with van der Waals surface area (Å²) in [5, 5.41) is 0. The van der Waals surface area contributed by atoms with Crippen LogP contribution in [0.3, 0.4) is 0 Å². The highest BCUT2D eigenvalue weighted by Crippen LogP contribution is 2.24. The largest absolute Gasteiger partial charge is 0.330 e. The molecule has 0 bridgehead atoms. The maximum absolute atomic E-state index is 5.75. The predicted octanol–water partition coefficient (Wildman–Crippen LogP) is 1.21. The second-order valence-corrected chi connectivity index (χ2v) is 4.55. The number of piperidine rings is 1. The molecule has 16 heavy (non-hydrogen) atoms. The van der Waals surface area contributed by atoms with Crippen LogP contribution in [-0.2, 0) is 0 Å². The van der Waals surface area contributed by atoms with Crippen molar-refractivity contribution in [3.05, 3.63) is 24.3 Å². The van der Waals surface area contributed by atoms with Gasteiger partial charge >= 0.3 is 0 Å². The molecule has 2 rings (SSSR count). The molecular formula is C12H20N4. The minimum Gasteiger partial charge on any atom is -0.330 e. The number of nitrogens with zero attached hydrogens (tertiary/aromatic N) is 3. The van der Waals surface area contributed by atoms with Gasteiger partial charge in [-0.15, -0.1) is 0 Å². The zero-order valence-electron chi connectivity index (χ0n) is 9.84. The lowest BCUT2D eigenvalue weighted by atomic mass is 9.96. The van der Waals surface area contributed by atoms with Crippen molar-refractivity contribution in [2.24, 2.45) is 11.7 Å². The summed E-state index contributed by atoms with van der Waals surface area (Å²) >= 11 is 0. The number of aromatic nitrogens is 2. The second-order valence-electron chi connectivity index (χ2n) is 4.55.